The van der Waals surface area contributed by atoms with E-state index in [2.05, 4.69) is 64.5 Å². The summed E-state index contributed by atoms with van der Waals surface area (Å²) in [6, 6.07) is 10.5. The van der Waals surface area contributed by atoms with E-state index in [4.69, 9.17) is 14.5 Å². The van der Waals surface area contributed by atoms with Crippen molar-refractivity contribution in [2.24, 2.45) is 4.99 Å². The minimum absolute atomic E-state index is 0.375. The molecule has 30 heavy (non-hydrogen) atoms. The van der Waals surface area contributed by atoms with E-state index in [9.17, 15) is 0 Å². The number of hydrogen-bond acceptors (Lipinski definition) is 4. The van der Waals surface area contributed by atoms with Crippen LogP contribution in [0.25, 0.3) is 6.08 Å². The lowest BCUT2D eigenvalue weighted by molar-refractivity contribution is -0.0318. The third-order valence-corrected chi connectivity index (χ3v) is 5.57. The van der Waals surface area contributed by atoms with Gasteiger partial charge in [-0.15, -0.1) is 0 Å². The molecule has 2 heterocycles. The molecule has 1 N–H and O–H groups in total. The second-order valence-corrected chi connectivity index (χ2v) is 7.87. The monoisotopic (exact) mass is 414 g/mol. The van der Waals surface area contributed by atoms with Gasteiger partial charge in [-0.3, -0.25) is 9.89 Å². The van der Waals surface area contributed by atoms with Crippen molar-refractivity contribution < 1.29 is 9.47 Å². The highest BCUT2D eigenvalue weighted by Gasteiger charge is 2.18. The Balaban J connectivity index is 1.35. The Morgan fingerprint density at radius 1 is 1.17 bits per heavy atom. The molecule has 0 atom stereocenters. The first-order valence-corrected chi connectivity index (χ1v) is 11.5. The minimum Gasteiger partial charge on any atom is -0.381 e. The van der Waals surface area contributed by atoms with E-state index in [1.165, 1.54) is 5.56 Å². The summed E-state index contributed by atoms with van der Waals surface area (Å²) in [4.78, 5) is 9.73. The lowest BCUT2D eigenvalue weighted by Gasteiger charge is -2.36. The number of nitrogens with one attached hydrogen (secondary N) is 1. The Labute approximate surface area is 181 Å². The highest BCUT2D eigenvalue weighted by atomic mass is 16.5. The van der Waals surface area contributed by atoms with E-state index in [-0.39, 0.29) is 0 Å². The Morgan fingerprint density at radius 2 is 1.93 bits per heavy atom. The van der Waals surface area contributed by atoms with Crippen molar-refractivity contribution in [2.45, 2.75) is 32.3 Å². The summed E-state index contributed by atoms with van der Waals surface area (Å²) in [6.07, 6.45) is 7.87. The van der Waals surface area contributed by atoms with Gasteiger partial charge in [0.15, 0.2) is 5.96 Å². The lowest BCUT2D eigenvalue weighted by atomic mass is 10.1. The standard InChI is InChI=1S/C24H38N4O2/c1-2-25-24(26-13-7-19-30-23-11-20-29-21-12-23)28-17-15-27(16-18-28)14-6-10-22-8-4-3-5-9-22/h3-6,8-10,23H,2,7,11-21H2,1H3,(H,25,26)/b10-6+. The molecule has 0 unspecified atom stereocenters. The van der Waals surface area contributed by atoms with Crippen LogP contribution in [0.2, 0.25) is 0 Å². The van der Waals surface area contributed by atoms with Crippen molar-refractivity contribution in [3.8, 4) is 0 Å². The zero-order valence-corrected chi connectivity index (χ0v) is 18.5. The van der Waals surface area contributed by atoms with Crippen LogP contribution in [0.3, 0.4) is 0 Å². The molecule has 0 aliphatic carbocycles. The summed E-state index contributed by atoms with van der Waals surface area (Å²) >= 11 is 0. The first-order chi connectivity index (χ1) is 14.8. The van der Waals surface area contributed by atoms with Crippen LogP contribution in [0.15, 0.2) is 41.4 Å². The maximum Gasteiger partial charge on any atom is 0.194 e. The number of benzene rings is 1. The van der Waals surface area contributed by atoms with Crippen molar-refractivity contribution in [3.05, 3.63) is 42.0 Å². The van der Waals surface area contributed by atoms with Crippen LogP contribution in [0, 0.1) is 0 Å². The normalized spacial score (nSPS) is 19.5. The molecule has 2 fully saturated rings. The molecule has 2 aliphatic heterocycles. The van der Waals surface area contributed by atoms with Gasteiger partial charge in [0.1, 0.15) is 0 Å². The van der Waals surface area contributed by atoms with Crippen LogP contribution >= 0.6 is 0 Å². The van der Waals surface area contributed by atoms with Crippen LogP contribution in [0.1, 0.15) is 31.7 Å². The van der Waals surface area contributed by atoms with Gasteiger partial charge < -0.3 is 19.7 Å². The first kappa shape index (κ1) is 22.8. The summed E-state index contributed by atoms with van der Waals surface area (Å²) < 4.78 is 11.3. The van der Waals surface area contributed by atoms with Gasteiger partial charge in [0, 0.05) is 65.6 Å². The summed E-state index contributed by atoms with van der Waals surface area (Å²) in [5.74, 6) is 1.04. The van der Waals surface area contributed by atoms with E-state index in [0.29, 0.717) is 6.10 Å². The van der Waals surface area contributed by atoms with Crippen LogP contribution in [0.5, 0.6) is 0 Å². The van der Waals surface area contributed by atoms with Gasteiger partial charge in [-0.2, -0.15) is 0 Å². The predicted octanol–water partition coefficient (Wildman–Crippen LogP) is 2.87. The SMILES string of the molecule is CCNC(=NCCCOC1CCOCC1)N1CCN(C/C=C/c2ccccc2)CC1. The molecule has 0 aromatic heterocycles. The summed E-state index contributed by atoms with van der Waals surface area (Å²) in [5, 5.41) is 3.46. The van der Waals surface area contributed by atoms with Gasteiger partial charge in [0.2, 0.25) is 0 Å². The van der Waals surface area contributed by atoms with Crippen molar-refractivity contribution in [1.82, 2.24) is 15.1 Å². The van der Waals surface area contributed by atoms with Gasteiger partial charge in [-0.1, -0.05) is 42.5 Å². The second-order valence-electron chi connectivity index (χ2n) is 7.87. The van der Waals surface area contributed by atoms with Crippen molar-refractivity contribution >= 4 is 12.0 Å². The molecule has 6 heteroatoms. The summed E-state index contributed by atoms with van der Waals surface area (Å²) in [6.45, 7) is 11.5. The maximum absolute atomic E-state index is 5.96. The predicted molar refractivity (Wildman–Crippen MR) is 124 cm³/mol. The molecule has 2 aliphatic rings. The van der Waals surface area contributed by atoms with Gasteiger partial charge >= 0.3 is 0 Å². The molecular weight excluding hydrogens is 376 g/mol. The molecule has 0 saturated carbocycles. The number of rotatable bonds is 9. The van der Waals surface area contributed by atoms with Gasteiger partial charge in [0.05, 0.1) is 6.10 Å². The first-order valence-electron chi connectivity index (χ1n) is 11.5. The van der Waals surface area contributed by atoms with E-state index in [1.54, 1.807) is 0 Å². The van der Waals surface area contributed by atoms with Crippen molar-refractivity contribution in [2.75, 3.05) is 65.6 Å². The van der Waals surface area contributed by atoms with Gasteiger partial charge in [0.25, 0.3) is 0 Å². The topological polar surface area (TPSA) is 49.3 Å². The molecular formula is C24H38N4O2. The number of hydrogen-bond donors (Lipinski definition) is 1. The second kappa shape index (κ2) is 13.4. The van der Waals surface area contributed by atoms with Crippen LogP contribution in [0.4, 0.5) is 0 Å². The highest BCUT2D eigenvalue weighted by Crippen LogP contribution is 2.11. The molecule has 1 aromatic rings. The minimum atomic E-state index is 0.375. The molecule has 3 rings (SSSR count). The third kappa shape index (κ3) is 8.09. The number of nitrogens with zero attached hydrogens (tertiary/aromatic N) is 3. The molecule has 2 saturated heterocycles. The largest absolute Gasteiger partial charge is 0.381 e. The van der Waals surface area contributed by atoms with Crippen LogP contribution in [-0.4, -0.2) is 87.5 Å². The van der Waals surface area contributed by atoms with E-state index in [1.807, 2.05) is 0 Å². The Kier molecular flexibility index (Phi) is 10.2. The van der Waals surface area contributed by atoms with Crippen LogP contribution in [-0.2, 0) is 9.47 Å². The summed E-state index contributed by atoms with van der Waals surface area (Å²) in [7, 11) is 0. The van der Waals surface area contributed by atoms with E-state index < -0.39 is 0 Å². The molecule has 166 valence electrons. The number of aliphatic imine (C=N–C) groups is 1. The molecule has 0 radical (unpaired) electrons. The fraction of sp³-hybridized carbons (Fsp3) is 0.625. The Morgan fingerprint density at radius 3 is 2.67 bits per heavy atom. The number of ether oxygens (including phenoxy) is 2. The fourth-order valence-electron chi connectivity index (χ4n) is 3.81. The summed E-state index contributed by atoms with van der Waals surface area (Å²) in [5.41, 5.74) is 1.26. The maximum atomic E-state index is 5.96. The Hall–Kier alpha value is -1.89. The zero-order valence-electron chi connectivity index (χ0n) is 18.5. The third-order valence-electron chi connectivity index (χ3n) is 5.57. The highest BCUT2D eigenvalue weighted by molar-refractivity contribution is 5.80. The van der Waals surface area contributed by atoms with Crippen molar-refractivity contribution in [1.29, 1.82) is 0 Å². The number of guanidine groups is 1. The average molecular weight is 415 g/mol. The molecule has 6 nitrogen and oxygen atoms in total. The van der Waals surface area contributed by atoms with Crippen LogP contribution < -0.4 is 5.32 Å². The molecule has 0 bridgehead atoms. The quantitative estimate of drug-likeness (QED) is 0.383. The van der Waals surface area contributed by atoms with Gasteiger partial charge in [-0.25, -0.2) is 0 Å². The van der Waals surface area contributed by atoms with Crippen molar-refractivity contribution in [3.63, 3.8) is 0 Å². The fourth-order valence-corrected chi connectivity index (χ4v) is 3.81. The van der Waals surface area contributed by atoms with E-state index >= 15 is 0 Å². The zero-order chi connectivity index (χ0) is 20.9. The molecule has 0 spiro atoms. The Bertz CT molecular complexity index is 636. The molecule has 0 amide bonds. The van der Waals surface area contributed by atoms with Gasteiger partial charge in [-0.05, 0) is 31.7 Å². The number of piperazine rings is 1. The smallest absolute Gasteiger partial charge is 0.194 e. The average Bonchev–Trinajstić information content (AvgIpc) is 2.80. The molecule has 1 aromatic carbocycles. The van der Waals surface area contributed by atoms with E-state index in [0.717, 1.165) is 90.9 Å². The lowest BCUT2D eigenvalue weighted by Crippen LogP contribution is -2.52.